The van der Waals surface area contributed by atoms with Crippen molar-refractivity contribution in [3.8, 4) is 10.4 Å². The summed E-state index contributed by atoms with van der Waals surface area (Å²) in [4.78, 5) is 41.0. The van der Waals surface area contributed by atoms with Crippen LogP contribution in [-0.4, -0.2) is 59.3 Å². The van der Waals surface area contributed by atoms with E-state index in [1.807, 2.05) is 18.2 Å². The van der Waals surface area contributed by atoms with E-state index in [1.54, 1.807) is 28.4 Å². The van der Waals surface area contributed by atoms with E-state index >= 15 is 0 Å². The number of piperazine rings is 1. The second kappa shape index (κ2) is 10.5. The van der Waals surface area contributed by atoms with E-state index in [0.29, 0.717) is 31.7 Å². The smallest absolute Gasteiger partial charge is 0.270 e. The Labute approximate surface area is 199 Å². The van der Waals surface area contributed by atoms with Gasteiger partial charge in [0.25, 0.3) is 11.6 Å². The van der Waals surface area contributed by atoms with Gasteiger partial charge in [-0.1, -0.05) is 24.3 Å². The predicted octanol–water partition coefficient (Wildman–Crippen LogP) is 3.54. The van der Waals surface area contributed by atoms with Gasteiger partial charge in [0.2, 0.25) is 5.91 Å². The van der Waals surface area contributed by atoms with Crippen LogP contribution in [0.2, 0.25) is 0 Å². The van der Waals surface area contributed by atoms with Crippen molar-refractivity contribution in [1.29, 1.82) is 0 Å². The van der Waals surface area contributed by atoms with Gasteiger partial charge in [-0.25, -0.2) is 4.39 Å². The highest BCUT2D eigenvalue weighted by Crippen LogP contribution is 2.30. The molecule has 0 aliphatic carbocycles. The van der Waals surface area contributed by atoms with Gasteiger partial charge in [0.15, 0.2) is 0 Å². The van der Waals surface area contributed by atoms with Crippen LogP contribution in [0.5, 0.6) is 0 Å². The number of thiophene rings is 1. The van der Waals surface area contributed by atoms with E-state index in [0.717, 1.165) is 16.3 Å². The maximum atomic E-state index is 14.0. The normalized spacial score (nSPS) is 14.1. The number of hydrogen-bond acceptors (Lipinski definition) is 6. The molecular formula is C24H23FN4O4S. The van der Waals surface area contributed by atoms with E-state index in [9.17, 15) is 24.1 Å². The van der Waals surface area contributed by atoms with Gasteiger partial charge in [-0.2, -0.15) is 0 Å². The highest BCUT2D eigenvalue weighted by atomic mass is 32.1. The monoisotopic (exact) mass is 482 g/mol. The predicted molar refractivity (Wildman–Crippen MR) is 127 cm³/mol. The third-order valence-corrected chi connectivity index (χ3v) is 6.73. The zero-order valence-corrected chi connectivity index (χ0v) is 19.1. The van der Waals surface area contributed by atoms with Crippen LogP contribution in [0.3, 0.4) is 0 Å². The zero-order valence-electron chi connectivity index (χ0n) is 18.3. The van der Waals surface area contributed by atoms with Gasteiger partial charge in [-0.3, -0.25) is 24.6 Å². The van der Waals surface area contributed by atoms with Crippen LogP contribution in [0.4, 0.5) is 10.1 Å². The van der Waals surface area contributed by atoms with Gasteiger partial charge in [0, 0.05) is 65.7 Å². The number of rotatable bonds is 7. The van der Waals surface area contributed by atoms with E-state index in [4.69, 9.17) is 0 Å². The number of halogens is 1. The van der Waals surface area contributed by atoms with E-state index in [1.165, 1.54) is 30.3 Å². The molecule has 1 N–H and O–H groups in total. The molecule has 1 aliphatic rings. The number of carbonyl (C=O) groups excluding carboxylic acids is 2. The molecule has 176 valence electrons. The molecular weight excluding hydrogens is 459 g/mol. The number of nitrogens with zero attached hydrogens (tertiary/aromatic N) is 3. The summed E-state index contributed by atoms with van der Waals surface area (Å²) in [6, 6.07) is 16.0. The maximum absolute atomic E-state index is 14.0. The molecule has 0 spiro atoms. The van der Waals surface area contributed by atoms with Crippen LogP contribution in [0.15, 0.2) is 60.7 Å². The minimum Gasteiger partial charge on any atom is -0.343 e. The Balaban J connectivity index is 1.24. The number of non-ortho nitro benzene ring substituents is 1. The second-order valence-corrected chi connectivity index (χ2v) is 9.06. The Morgan fingerprint density at radius 3 is 2.53 bits per heavy atom. The summed E-state index contributed by atoms with van der Waals surface area (Å²) in [5.74, 6) is -0.962. The summed E-state index contributed by atoms with van der Waals surface area (Å²) in [6.45, 7) is 3.02. The molecule has 0 unspecified atom stereocenters. The maximum Gasteiger partial charge on any atom is 0.270 e. The third-order valence-electron chi connectivity index (χ3n) is 5.62. The lowest BCUT2D eigenvalue weighted by Crippen LogP contribution is -2.50. The Bertz CT molecular complexity index is 1210. The molecule has 4 rings (SSSR count). The van der Waals surface area contributed by atoms with E-state index in [2.05, 4.69) is 10.2 Å². The second-order valence-electron chi connectivity index (χ2n) is 7.89. The minimum atomic E-state index is -0.571. The highest BCUT2D eigenvalue weighted by Gasteiger charge is 2.22. The molecule has 3 aromatic rings. The lowest BCUT2D eigenvalue weighted by atomic mass is 10.2. The summed E-state index contributed by atoms with van der Waals surface area (Å²) >= 11 is 1.56. The Kier molecular flexibility index (Phi) is 7.29. The first-order valence-corrected chi connectivity index (χ1v) is 11.6. The lowest BCUT2D eigenvalue weighted by molar-refractivity contribution is -0.384. The first kappa shape index (κ1) is 23.5. The molecule has 0 bridgehead atoms. The van der Waals surface area contributed by atoms with Crippen LogP contribution in [0.1, 0.15) is 15.2 Å². The first-order valence-electron chi connectivity index (χ1n) is 10.8. The van der Waals surface area contributed by atoms with E-state index in [-0.39, 0.29) is 29.5 Å². The fourth-order valence-corrected chi connectivity index (χ4v) is 4.85. The molecule has 0 saturated carbocycles. The van der Waals surface area contributed by atoms with Crippen molar-refractivity contribution in [1.82, 2.24) is 15.1 Å². The van der Waals surface area contributed by atoms with Crippen molar-refractivity contribution < 1.29 is 18.9 Å². The van der Waals surface area contributed by atoms with Crippen LogP contribution in [0, 0.1) is 15.9 Å². The van der Waals surface area contributed by atoms with E-state index < -0.39 is 10.8 Å². The SMILES string of the molecule is O=C(NCC(=O)N1CCN(Cc2ccc(-c3ccccc3F)s2)CC1)c1cccc([N+](=O)[O-])c1. The summed E-state index contributed by atoms with van der Waals surface area (Å²) in [6.07, 6.45) is 0. The third kappa shape index (κ3) is 5.64. The number of benzene rings is 2. The van der Waals surface area contributed by atoms with Gasteiger partial charge in [0.1, 0.15) is 5.82 Å². The van der Waals surface area contributed by atoms with Crippen LogP contribution in [-0.2, 0) is 11.3 Å². The number of nitrogens with one attached hydrogen (secondary N) is 1. The number of carbonyl (C=O) groups is 2. The molecule has 1 aromatic heterocycles. The molecule has 10 heteroatoms. The quantitative estimate of drug-likeness (QED) is 0.411. The number of nitro groups is 1. The fraction of sp³-hybridized carbons (Fsp3) is 0.250. The van der Waals surface area contributed by atoms with Crippen molar-refractivity contribution in [2.45, 2.75) is 6.54 Å². The molecule has 1 aliphatic heterocycles. The Hall–Kier alpha value is -3.63. The molecule has 0 atom stereocenters. The van der Waals surface area contributed by atoms with Gasteiger partial charge < -0.3 is 10.2 Å². The summed E-state index contributed by atoms with van der Waals surface area (Å²) in [7, 11) is 0. The molecule has 2 aromatic carbocycles. The lowest BCUT2D eigenvalue weighted by Gasteiger charge is -2.34. The number of nitro benzene ring substituents is 1. The average molecular weight is 483 g/mol. The summed E-state index contributed by atoms with van der Waals surface area (Å²) in [5, 5.41) is 13.4. The van der Waals surface area contributed by atoms with Crippen molar-refractivity contribution in [3.05, 3.63) is 87.0 Å². The molecule has 2 amide bonds. The van der Waals surface area contributed by atoms with Crippen LogP contribution in [0.25, 0.3) is 10.4 Å². The largest absolute Gasteiger partial charge is 0.343 e. The van der Waals surface area contributed by atoms with Crippen molar-refractivity contribution in [2.75, 3.05) is 32.7 Å². The fourth-order valence-electron chi connectivity index (χ4n) is 3.77. The highest BCUT2D eigenvalue weighted by molar-refractivity contribution is 7.15. The van der Waals surface area contributed by atoms with Crippen molar-refractivity contribution in [2.24, 2.45) is 0 Å². The molecule has 8 nitrogen and oxygen atoms in total. The van der Waals surface area contributed by atoms with Crippen LogP contribution >= 0.6 is 11.3 Å². The number of amides is 2. The summed E-state index contributed by atoms with van der Waals surface area (Å²) in [5.41, 5.74) is 0.556. The molecule has 1 fully saturated rings. The van der Waals surface area contributed by atoms with Gasteiger partial charge >= 0.3 is 0 Å². The molecule has 1 saturated heterocycles. The Morgan fingerprint density at radius 1 is 1.03 bits per heavy atom. The van der Waals surface area contributed by atoms with Gasteiger partial charge in [0.05, 0.1) is 11.5 Å². The minimum absolute atomic E-state index is 0.137. The topological polar surface area (TPSA) is 95.8 Å². The van der Waals surface area contributed by atoms with Crippen LogP contribution < -0.4 is 5.32 Å². The standard InChI is InChI=1S/C24H23FN4O4S/c25-21-7-2-1-6-20(21)22-9-8-19(34-22)16-27-10-12-28(13-11-27)23(30)15-26-24(31)17-4-3-5-18(14-17)29(32)33/h1-9,14H,10-13,15-16H2,(H,26,31). The summed E-state index contributed by atoms with van der Waals surface area (Å²) < 4.78 is 14.0. The molecule has 0 radical (unpaired) electrons. The molecule has 34 heavy (non-hydrogen) atoms. The van der Waals surface area contributed by atoms with Gasteiger partial charge in [-0.15, -0.1) is 11.3 Å². The first-order chi connectivity index (χ1) is 16.4. The zero-order chi connectivity index (χ0) is 24.1. The molecule has 2 heterocycles. The Morgan fingerprint density at radius 2 is 1.79 bits per heavy atom. The van der Waals surface area contributed by atoms with Crippen molar-refractivity contribution >= 4 is 28.8 Å². The number of hydrogen-bond donors (Lipinski definition) is 1. The van der Waals surface area contributed by atoms with Gasteiger partial charge in [-0.05, 0) is 24.3 Å². The van der Waals surface area contributed by atoms with Crippen molar-refractivity contribution in [3.63, 3.8) is 0 Å². The average Bonchev–Trinajstić information content (AvgIpc) is 3.31.